The van der Waals surface area contributed by atoms with Crippen molar-refractivity contribution in [1.29, 1.82) is 0 Å². The normalized spacial score (nSPS) is 12.5. The van der Waals surface area contributed by atoms with Gasteiger partial charge in [0.1, 0.15) is 18.3 Å². The van der Waals surface area contributed by atoms with Crippen molar-refractivity contribution >= 4 is 27.5 Å². The van der Waals surface area contributed by atoms with E-state index in [-0.39, 0.29) is 29.8 Å². The van der Waals surface area contributed by atoms with Gasteiger partial charge in [-0.25, -0.2) is 8.42 Å². The van der Waals surface area contributed by atoms with Gasteiger partial charge in [0.2, 0.25) is 11.8 Å². The van der Waals surface area contributed by atoms with Gasteiger partial charge in [-0.2, -0.15) is 0 Å². The van der Waals surface area contributed by atoms with Gasteiger partial charge in [0.05, 0.1) is 17.7 Å². The number of nitrogens with zero attached hydrogens (tertiary/aromatic N) is 2. The molecule has 0 aliphatic heterocycles. The summed E-state index contributed by atoms with van der Waals surface area (Å²) in [6, 6.07) is 29.3. The maximum atomic E-state index is 14.6. The zero-order valence-electron chi connectivity index (χ0n) is 27.1. The van der Waals surface area contributed by atoms with Gasteiger partial charge in [0.25, 0.3) is 10.0 Å². The minimum atomic E-state index is -4.16. The maximum absolute atomic E-state index is 14.6. The van der Waals surface area contributed by atoms with Crippen LogP contribution < -0.4 is 14.4 Å². The third-order valence-corrected chi connectivity index (χ3v) is 9.76. The van der Waals surface area contributed by atoms with Crippen molar-refractivity contribution in [3.05, 3.63) is 125 Å². The van der Waals surface area contributed by atoms with Crippen molar-refractivity contribution < 1.29 is 22.7 Å². The topological polar surface area (TPSA) is 96.0 Å². The zero-order valence-corrected chi connectivity index (χ0v) is 28.0. The highest BCUT2D eigenvalue weighted by molar-refractivity contribution is 7.92. The van der Waals surface area contributed by atoms with Crippen LogP contribution in [-0.4, -0.2) is 50.9 Å². The molecule has 0 fully saturated rings. The number of carbonyl (C=O) groups is 2. The molecule has 0 saturated carbocycles. The number of aryl methyl sites for hydroxylation is 2. The van der Waals surface area contributed by atoms with Crippen LogP contribution in [0.3, 0.4) is 0 Å². The summed E-state index contributed by atoms with van der Waals surface area (Å²) in [5, 5.41) is 3.06. The Hall–Kier alpha value is -4.63. The molecule has 242 valence electrons. The first kappa shape index (κ1) is 34.2. The Morgan fingerprint density at radius 3 is 2.04 bits per heavy atom. The minimum Gasteiger partial charge on any atom is -0.497 e. The number of sulfonamides is 1. The van der Waals surface area contributed by atoms with E-state index in [1.165, 1.54) is 4.90 Å². The lowest BCUT2D eigenvalue weighted by Gasteiger charge is -2.34. The Labute approximate surface area is 273 Å². The molecular weight excluding hydrogens is 598 g/mol. The molecule has 0 aromatic heterocycles. The SMILES string of the molecule is CC[C@H](C)NC(=O)[C@@H](Cc1ccccc1)N(Cc1cccc(OC)c1)C(=O)CN(c1ccc(C)cc1)S(=O)(=O)c1ccc(C)cc1. The van der Waals surface area contributed by atoms with Crippen LogP contribution in [0.25, 0.3) is 0 Å². The Bertz CT molecular complexity index is 1710. The molecule has 0 bridgehead atoms. The van der Waals surface area contributed by atoms with Gasteiger partial charge in [0.15, 0.2) is 0 Å². The van der Waals surface area contributed by atoms with E-state index in [0.29, 0.717) is 17.9 Å². The molecule has 1 N–H and O–H groups in total. The van der Waals surface area contributed by atoms with Crippen molar-refractivity contribution in [3.8, 4) is 5.75 Å². The number of anilines is 1. The molecule has 0 heterocycles. The molecule has 46 heavy (non-hydrogen) atoms. The molecule has 0 aliphatic carbocycles. The first-order chi connectivity index (χ1) is 22.0. The molecule has 0 radical (unpaired) electrons. The van der Waals surface area contributed by atoms with Gasteiger partial charge in [-0.05, 0) is 74.7 Å². The number of amides is 2. The number of methoxy groups -OCH3 is 1. The molecule has 4 aromatic carbocycles. The van der Waals surface area contributed by atoms with E-state index in [9.17, 15) is 18.0 Å². The number of carbonyl (C=O) groups excluding carboxylic acids is 2. The summed E-state index contributed by atoms with van der Waals surface area (Å²) in [5.74, 6) is -0.214. The van der Waals surface area contributed by atoms with Crippen LogP contribution in [0, 0.1) is 13.8 Å². The van der Waals surface area contributed by atoms with Gasteiger partial charge in [-0.15, -0.1) is 0 Å². The number of nitrogens with one attached hydrogen (secondary N) is 1. The zero-order chi connectivity index (χ0) is 33.3. The van der Waals surface area contributed by atoms with Gasteiger partial charge >= 0.3 is 0 Å². The van der Waals surface area contributed by atoms with Crippen LogP contribution in [0.4, 0.5) is 5.69 Å². The van der Waals surface area contributed by atoms with E-state index in [0.717, 1.165) is 26.6 Å². The van der Waals surface area contributed by atoms with Crippen LogP contribution in [0.5, 0.6) is 5.75 Å². The molecular formula is C37H43N3O5S. The molecule has 9 heteroatoms. The predicted molar refractivity (Wildman–Crippen MR) is 182 cm³/mol. The average molecular weight is 642 g/mol. The van der Waals surface area contributed by atoms with Crippen LogP contribution in [0.1, 0.15) is 42.5 Å². The fraction of sp³-hybridized carbons (Fsp3) is 0.297. The molecule has 0 aliphatic rings. The van der Waals surface area contributed by atoms with Crippen molar-refractivity contribution in [2.75, 3.05) is 18.0 Å². The lowest BCUT2D eigenvalue weighted by atomic mass is 10.0. The van der Waals surface area contributed by atoms with E-state index in [1.54, 1.807) is 49.6 Å². The van der Waals surface area contributed by atoms with Gasteiger partial charge in [0, 0.05) is 19.0 Å². The van der Waals surface area contributed by atoms with Crippen LogP contribution in [-0.2, 0) is 32.6 Å². The fourth-order valence-corrected chi connectivity index (χ4v) is 6.45. The highest BCUT2D eigenvalue weighted by Gasteiger charge is 2.35. The summed E-state index contributed by atoms with van der Waals surface area (Å²) in [7, 11) is -2.59. The Morgan fingerprint density at radius 1 is 0.826 bits per heavy atom. The summed E-state index contributed by atoms with van der Waals surface area (Å²) < 4.78 is 34.9. The average Bonchev–Trinajstić information content (AvgIpc) is 3.06. The second-order valence-electron chi connectivity index (χ2n) is 11.6. The van der Waals surface area contributed by atoms with Crippen molar-refractivity contribution in [3.63, 3.8) is 0 Å². The van der Waals surface area contributed by atoms with Crippen molar-refractivity contribution in [2.24, 2.45) is 0 Å². The maximum Gasteiger partial charge on any atom is 0.264 e. The predicted octanol–water partition coefficient (Wildman–Crippen LogP) is 6.06. The van der Waals surface area contributed by atoms with Gasteiger partial charge < -0.3 is 15.0 Å². The van der Waals surface area contributed by atoms with E-state index in [4.69, 9.17) is 4.74 Å². The summed E-state index contributed by atoms with van der Waals surface area (Å²) in [5.41, 5.74) is 3.83. The molecule has 0 unspecified atom stereocenters. The first-order valence-electron chi connectivity index (χ1n) is 15.4. The third kappa shape index (κ3) is 8.75. The summed E-state index contributed by atoms with van der Waals surface area (Å²) in [4.78, 5) is 30.1. The number of benzene rings is 4. The molecule has 4 aromatic rings. The van der Waals surface area contributed by atoms with Crippen LogP contribution in [0.15, 0.2) is 108 Å². The Balaban J connectivity index is 1.81. The molecule has 4 rings (SSSR count). The summed E-state index contributed by atoms with van der Waals surface area (Å²) >= 11 is 0. The van der Waals surface area contributed by atoms with Crippen LogP contribution in [0.2, 0.25) is 0 Å². The third-order valence-electron chi connectivity index (χ3n) is 7.97. The fourth-order valence-electron chi connectivity index (χ4n) is 5.04. The van der Waals surface area contributed by atoms with Crippen LogP contribution >= 0.6 is 0 Å². The lowest BCUT2D eigenvalue weighted by Crippen LogP contribution is -2.54. The van der Waals surface area contributed by atoms with Gasteiger partial charge in [-0.3, -0.25) is 13.9 Å². The summed E-state index contributed by atoms with van der Waals surface area (Å²) in [6.45, 7) is 7.24. The van der Waals surface area contributed by atoms with E-state index >= 15 is 0 Å². The van der Waals surface area contributed by atoms with E-state index in [1.807, 2.05) is 88.4 Å². The largest absolute Gasteiger partial charge is 0.497 e. The van der Waals surface area contributed by atoms with Crippen molar-refractivity contribution in [2.45, 2.75) is 64.1 Å². The number of hydrogen-bond donors (Lipinski definition) is 1. The highest BCUT2D eigenvalue weighted by atomic mass is 32.2. The lowest BCUT2D eigenvalue weighted by molar-refractivity contribution is -0.140. The molecule has 2 atom stereocenters. The molecule has 0 saturated heterocycles. The molecule has 0 spiro atoms. The number of rotatable bonds is 14. The van der Waals surface area contributed by atoms with Crippen molar-refractivity contribution in [1.82, 2.24) is 10.2 Å². The number of hydrogen-bond acceptors (Lipinski definition) is 5. The Morgan fingerprint density at radius 2 is 1.43 bits per heavy atom. The molecule has 8 nitrogen and oxygen atoms in total. The standard InChI is InChI=1S/C37H43N3O5S/c1-6-29(4)38-37(42)35(24-30-11-8-7-9-12-30)39(25-31-13-10-14-33(23-31)45-5)36(41)26-40(32-19-15-27(2)16-20-32)46(43,44)34-21-17-28(3)18-22-34/h7-23,29,35H,6,24-26H2,1-5H3,(H,38,42)/t29-,35+/m0/s1. The van der Waals surface area contributed by atoms with Gasteiger partial charge in [-0.1, -0.05) is 84.8 Å². The smallest absolute Gasteiger partial charge is 0.264 e. The second-order valence-corrected chi connectivity index (χ2v) is 13.4. The first-order valence-corrected chi connectivity index (χ1v) is 16.9. The number of ether oxygens (including phenoxy) is 1. The highest BCUT2D eigenvalue weighted by Crippen LogP contribution is 2.26. The second kappa shape index (κ2) is 15.6. The van der Waals surface area contributed by atoms with E-state index in [2.05, 4.69) is 5.32 Å². The molecule has 2 amide bonds. The minimum absolute atomic E-state index is 0.0633. The van der Waals surface area contributed by atoms with E-state index < -0.39 is 28.5 Å². The quantitative estimate of drug-likeness (QED) is 0.181. The monoisotopic (exact) mass is 641 g/mol. The Kier molecular flexibility index (Phi) is 11.6. The summed E-state index contributed by atoms with van der Waals surface area (Å²) in [6.07, 6.45) is 0.956.